The Morgan fingerprint density at radius 2 is 1.52 bits per heavy atom. The zero-order valence-corrected chi connectivity index (χ0v) is 22.2. The van der Waals surface area contributed by atoms with Crippen LogP contribution in [0, 0.1) is 7.43 Å². The molecule has 3 aromatic rings. The molecule has 2 N–H and O–H groups in total. The van der Waals surface area contributed by atoms with Crippen LogP contribution in [0.5, 0.6) is 0 Å². The maximum absolute atomic E-state index is 11.4. The van der Waals surface area contributed by atoms with E-state index in [1.54, 1.807) is 12.1 Å². The van der Waals surface area contributed by atoms with E-state index in [1.807, 2.05) is 74.5 Å². The second kappa shape index (κ2) is 15.2. The summed E-state index contributed by atoms with van der Waals surface area (Å²) in [7, 11) is 0. The Morgan fingerprint density at radius 1 is 0.931 bits per heavy atom. The van der Waals surface area contributed by atoms with Crippen LogP contribution in [0.4, 0.5) is 5.82 Å². The number of anilines is 1. The van der Waals surface area contributed by atoms with Crippen LogP contribution in [0.1, 0.15) is 19.4 Å². The topological polar surface area (TPSA) is 87.5 Å². The molecule has 0 radical (unpaired) electrons. The van der Waals surface area contributed by atoms with Gasteiger partial charge in [-0.2, -0.15) is 5.10 Å². The minimum atomic E-state index is -1.08. The van der Waals surface area contributed by atoms with Gasteiger partial charge in [-0.1, -0.05) is 74.5 Å². The zero-order chi connectivity index (χ0) is 19.5. The maximum atomic E-state index is 11.4. The number of rotatable bonds is 6. The number of hydrogen-bond donors (Lipinski definition) is 2. The summed E-state index contributed by atoms with van der Waals surface area (Å²) in [5.41, 5.74) is 5.22. The normalized spacial score (nSPS) is 9.79. The molecule has 0 saturated heterocycles. The predicted octanol–water partition coefficient (Wildman–Crippen LogP) is 1.72. The maximum Gasteiger partial charge on any atom is 1.00 e. The summed E-state index contributed by atoms with van der Waals surface area (Å²) in [6.45, 7) is 4.00. The quantitative estimate of drug-likeness (QED) is 0.331. The number of aliphatic carboxylic acids is 1. The Bertz CT molecular complexity index is 870. The van der Waals surface area contributed by atoms with Crippen molar-refractivity contribution in [3.05, 3.63) is 85.8 Å². The van der Waals surface area contributed by atoms with Crippen molar-refractivity contribution < 1.29 is 68.1 Å². The molecule has 0 spiro atoms. The Morgan fingerprint density at radius 3 is 2.03 bits per heavy atom. The van der Waals surface area contributed by atoms with Crippen LogP contribution < -0.4 is 63.6 Å². The van der Waals surface area contributed by atoms with Gasteiger partial charge in [0.15, 0.2) is 5.82 Å². The third kappa shape index (κ3) is 9.08. The van der Waals surface area contributed by atoms with E-state index in [9.17, 15) is 9.90 Å². The van der Waals surface area contributed by atoms with E-state index in [4.69, 9.17) is 0 Å². The molecule has 0 aliphatic carbocycles. The largest absolute Gasteiger partial charge is 1.00 e. The van der Waals surface area contributed by atoms with E-state index < -0.39 is 5.97 Å². The Balaban J connectivity index is 0.00000190. The summed E-state index contributed by atoms with van der Waals surface area (Å²) in [6.07, 6.45) is 0.221. The Labute approximate surface area is 221 Å². The number of carboxylic acid groups (broad SMARTS) is 1. The smallest absolute Gasteiger partial charge is 0.477 e. The second-order valence-corrected chi connectivity index (χ2v) is 5.31. The first-order valence-corrected chi connectivity index (χ1v) is 8.71. The number of nitrogens with one attached hydrogen (secondary N) is 1. The average molecular weight is 463 g/mol. The molecule has 6 nitrogen and oxygen atoms in total. The summed E-state index contributed by atoms with van der Waals surface area (Å²) < 4.78 is 0. The molecule has 0 aliphatic heterocycles. The van der Waals surface area contributed by atoms with Gasteiger partial charge >= 0.3 is 64.2 Å². The van der Waals surface area contributed by atoms with Gasteiger partial charge in [-0.3, -0.25) is 5.43 Å². The minimum Gasteiger partial charge on any atom is -0.477 e. The number of hydrogen-bond acceptors (Lipinski definition) is 5. The van der Waals surface area contributed by atoms with E-state index >= 15 is 0 Å². The van der Waals surface area contributed by atoms with Crippen molar-refractivity contribution in [1.82, 2.24) is 10.2 Å². The van der Waals surface area contributed by atoms with Gasteiger partial charge in [0.2, 0.25) is 0 Å². The molecule has 0 atom stereocenters. The van der Waals surface area contributed by atoms with Crippen molar-refractivity contribution >= 4 is 17.5 Å². The molecule has 0 fully saturated rings. The SMILES string of the molecule is CC.O=C(O)/C(Cc1ccccc1)=N/Nc1ccc(-c2ccccc2)nn1.[CH3-].[Rb+]. The number of nitrogens with zero attached hydrogens (tertiary/aromatic N) is 3. The first-order chi connectivity index (χ1) is 13.2. The summed E-state index contributed by atoms with van der Waals surface area (Å²) in [4.78, 5) is 11.4. The van der Waals surface area contributed by atoms with Crippen molar-refractivity contribution in [2.75, 3.05) is 5.43 Å². The van der Waals surface area contributed by atoms with Gasteiger partial charge in [-0.05, 0) is 17.7 Å². The van der Waals surface area contributed by atoms with Gasteiger partial charge in [0.1, 0.15) is 5.71 Å². The fourth-order valence-corrected chi connectivity index (χ4v) is 2.23. The van der Waals surface area contributed by atoms with Crippen molar-refractivity contribution in [2.45, 2.75) is 20.3 Å². The Hall–Kier alpha value is -1.73. The standard InChI is InChI=1S/C19H16N4O2.C2H6.CH3.Rb/c24-19(25)17(13-14-7-3-1-4-8-14)21-23-18-12-11-16(20-22-18)15-9-5-2-6-10-15;1-2;;/h1-12H,13H2,(H,22,23)(H,24,25);1-2H3;1H3;/q;;-1;+1/b21-17+;;;. The number of benzene rings is 2. The molecule has 7 heteroatoms. The number of carbonyl (C=O) groups is 1. The van der Waals surface area contributed by atoms with E-state index in [1.165, 1.54) is 0 Å². The van der Waals surface area contributed by atoms with Crippen LogP contribution >= 0.6 is 0 Å². The van der Waals surface area contributed by atoms with Crippen molar-refractivity contribution in [1.29, 1.82) is 0 Å². The van der Waals surface area contributed by atoms with Gasteiger partial charge < -0.3 is 12.5 Å². The number of aromatic nitrogens is 2. The minimum absolute atomic E-state index is 0. The van der Waals surface area contributed by atoms with Crippen LogP contribution in [-0.4, -0.2) is 27.0 Å². The van der Waals surface area contributed by atoms with Gasteiger partial charge in [0, 0.05) is 12.0 Å². The molecule has 1 aromatic heterocycles. The van der Waals surface area contributed by atoms with E-state index in [-0.39, 0.29) is 77.7 Å². The zero-order valence-electron chi connectivity index (χ0n) is 17.3. The molecule has 0 saturated carbocycles. The first kappa shape index (κ1) is 27.3. The first-order valence-electron chi connectivity index (χ1n) is 8.71. The molecule has 3 rings (SSSR count). The predicted molar refractivity (Wildman–Crippen MR) is 114 cm³/mol. The Kier molecular flexibility index (Phi) is 14.2. The van der Waals surface area contributed by atoms with Gasteiger partial charge in [-0.25, -0.2) is 4.79 Å². The van der Waals surface area contributed by atoms with Gasteiger partial charge in [0.05, 0.1) is 5.69 Å². The third-order valence-corrected chi connectivity index (χ3v) is 3.50. The van der Waals surface area contributed by atoms with Crippen LogP contribution in [0.2, 0.25) is 0 Å². The second-order valence-electron chi connectivity index (χ2n) is 5.31. The van der Waals surface area contributed by atoms with Crippen molar-refractivity contribution in [3.63, 3.8) is 0 Å². The number of carboxylic acids is 1. The average Bonchev–Trinajstić information content (AvgIpc) is 2.74. The molecule has 1 heterocycles. The summed E-state index contributed by atoms with van der Waals surface area (Å²) in [5.74, 6) is -0.697. The van der Waals surface area contributed by atoms with Crippen LogP contribution in [-0.2, 0) is 11.2 Å². The molecule has 0 amide bonds. The van der Waals surface area contributed by atoms with Crippen molar-refractivity contribution in [3.8, 4) is 11.3 Å². The summed E-state index contributed by atoms with van der Waals surface area (Å²) in [5, 5.41) is 21.4. The molecular formula is C22H25N4O2Rb. The van der Waals surface area contributed by atoms with Crippen LogP contribution in [0.3, 0.4) is 0 Å². The van der Waals surface area contributed by atoms with Gasteiger partial charge in [0.25, 0.3) is 0 Å². The summed E-state index contributed by atoms with van der Waals surface area (Å²) in [6, 6.07) is 22.5. The monoisotopic (exact) mass is 462 g/mol. The molecule has 0 aliphatic rings. The fraction of sp³-hybridized carbons (Fsp3) is 0.136. The third-order valence-electron chi connectivity index (χ3n) is 3.50. The van der Waals surface area contributed by atoms with Crippen LogP contribution in [0.25, 0.3) is 11.3 Å². The van der Waals surface area contributed by atoms with E-state index in [0.717, 1.165) is 16.8 Å². The van der Waals surface area contributed by atoms with E-state index in [2.05, 4.69) is 20.7 Å². The molecule has 146 valence electrons. The fourth-order valence-electron chi connectivity index (χ4n) is 2.23. The molecular weight excluding hydrogens is 438 g/mol. The number of hydrazone groups is 1. The molecule has 0 bridgehead atoms. The molecule has 2 aromatic carbocycles. The van der Waals surface area contributed by atoms with Crippen molar-refractivity contribution in [2.24, 2.45) is 5.10 Å². The van der Waals surface area contributed by atoms with E-state index in [0.29, 0.717) is 5.82 Å². The van der Waals surface area contributed by atoms with Crippen LogP contribution in [0.15, 0.2) is 77.9 Å². The molecule has 0 unspecified atom stereocenters. The van der Waals surface area contributed by atoms with Gasteiger partial charge in [-0.15, -0.1) is 10.2 Å². The summed E-state index contributed by atoms with van der Waals surface area (Å²) >= 11 is 0. The molecule has 29 heavy (non-hydrogen) atoms.